The Labute approximate surface area is 117 Å². The molecule has 3 N–H and O–H groups in total. The maximum Gasteiger partial charge on any atom is 0.358 e. The zero-order valence-electron chi connectivity index (χ0n) is 12.2. The fourth-order valence-corrected chi connectivity index (χ4v) is 2.21. The van der Waals surface area contributed by atoms with Gasteiger partial charge in [0.1, 0.15) is 6.54 Å². The molecular weight excluding hydrogens is 262 g/mol. The summed E-state index contributed by atoms with van der Waals surface area (Å²) >= 11 is 0. The molecule has 0 spiro atoms. The molecule has 0 aliphatic heterocycles. The summed E-state index contributed by atoms with van der Waals surface area (Å²) in [6, 6.07) is 0.0950. The summed E-state index contributed by atoms with van der Waals surface area (Å²) in [7, 11) is 0. The summed E-state index contributed by atoms with van der Waals surface area (Å²) in [4.78, 5) is 25.0. The van der Waals surface area contributed by atoms with Crippen molar-refractivity contribution in [3.8, 4) is 0 Å². The number of nitrogens with zero attached hydrogens (tertiary/aromatic N) is 4. The van der Waals surface area contributed by atoms with Gasteiger partial charge in [0.25, 0.3) is 0 Å². The molecule has 0 aromatic carbocycles. The molecule has 8 heteroatoms. The number of nitrogens with two attached hydrogens (primary N) is 1. The fraction of sp³-hybridized carbons (Fsp3) is 0.667. The van der Waals surface area contributed by atoms with E-state index in [0.29, 0.717) is 0 Å². The van der Waals surface area contributed by atoms with Gasteiger partial charge in [0, 0.05) is 18.6 Å². The zero-order valence-corrected chi connectivity index (χ0v) is 12.2. The number of carboxylic acids is 1. The van der Waals surface area contributed by atoms with Gasteiger partial charge in [-0.3, -0.25) is 4.79 Å². The van der Waals surface area contributed by atoms with E-state index < -0.39 is 5.97 Å². The minimum atomic E-state index is -1.20. The van der Waals surface area contributed by atoms with Crippen LogP contribution in [-0.4, -0.2) is 49.0 Å². The van der Waals surface area contributed by atoms with Crippen molar-refractivity contribution in [2.75, 3.05) is 0 Å². The van der Waals surface area contributed by atoms with Crippen LogP contribution in [0.3, 0.4) is 0 Å². The summed E-state index contributed by atoms with van der Waals surface area (Å²) in [5.74, 6) is -1.35. The second kappa shape index (κ2) is 6.47. The van der Waals surface area contributed by atoms with E-state index in [1.165, 1.54) is 4.68 Å². The first-order valence-corrected chi connectivity index (χ1v) is 6.46. The Bertz CT molecular complexity index is 487. The molecule has 8 nitrogen and oxygen atoms in total. The maximum atomic E-state index is 12.3. The number of carbonyl (C=O) groups is 2. The first-order valence-electron chi connectivity index (χ1n) is 6.46. The van der Waals surface area contributed by atoms with Crippen LogP contribution >= 0.6 is 0 Å². The predicted octanol–water partition coefficient (Wildman–Crippen LogP) is 0.0804. The molecule has 0 unspecified atom stereocenters. The lowest BCUT2D eigenvalue weighted by Gasteiger charge is -2.30. The minimum absolute atomic E-state index is 0.0364. The lowest BCUT2D eigenvalue weighted by molar-refractivity contribution is -0.135. The minimum Gasteiger partial charge on any atom is -0.476 e. The predicted molar refractivity (Wildman–Crippen MR) is 72.0 cm³/mol. The number of aromatic nitrogens is 3. The van der Waals surface area contributed by atoms with E-state index in [2.05, 4.69) is 10.3 Å². The molecule has 0 saturated heterocycles. The van der Waals surface area contributed by atoms with Gasteiger partial charge in [-0.2, -0.15) is 0 Å². The van der Waals surface area contributed by atoms with Crippen molar-refractivity contribution >= 4 is 11.9 Å². The topological polar surface area (TPSA) is 114 Å². The standard InChI is InChI=1S/C12H21N5O3/c1-7(2)17(8(3)4)10(18)6-16-9(5-13)11(12(19)20)14-15-16/h7-8H,5-6,13H2,1-4H3,(H,19,20). The Kier molecular flexibility index (Phi) is 5.20. The van der Waals surface area contributed by atoms with Crippen molar-refractivity contribution in [1.82, 2.24) is 19.9 Å². The quantitative estimate of drug-likeness (QED) is 0.764. The van der Waals surface area contributed by atoms with Gasteiger partial charge in [-0.1, -0.05) is 5.21 Å². The van der Waals surface area contributed by atoms with E-state index in [9.17, 15) is 9.59 Å². The van der Waals surface area contributed by atoms with Crippen LogP contribution in [-0.2, 0) is 17.9 Å². The molecule has 0 fully saturated rings. The number of amides is 1. The van der Waals surface area contributed by atoms with E-state index in [4.69, 9.17) is 10.8 Å². The van der Waals surface area contributed by atoms with Crippen molar-refractivity contribution in [1.29, 1.82) is 0 Å². The van der Waals surface area contributed by atoms with E-state index in [1.54, 1.807) is 4.90 Å². The molecule has 1 amide bonds. The molecule has 0 aliphatic carbocycles. The Morgan fingerprint density at radius 2 is 1.85 bits per heavy atom. The highest BCUT2D eigenvalue weighted by Crippen LogP contribution is 2.09. The van der Waals surface area contributed by atoms with Crippen LogP contribution in [0.4, 0.5) is 0 Å². The lowest BCUT2D eigenvalue weighted by Crippen LogP contribution is -2.44. The Hall–Kier alpha value is -1.96. The molecule has 1 aromatic rings. The molecular formula is C12H21N5O3. The SMILES string of the molecule is CC(C)N(C(=O)Cn1nnc(C(=O)O)c1CN)C(C)C. The Morgan fingerprint density at radius 3 is 2.25 bits per heavy atom. The summed E-state index contributed by atoms with van der Waals surface area (Å²) in [5.41, 5.74) is 5.56. The fourth-order valence-electron chi connectivity index (χ4n) is 2.21. The van der Waals surface area contributed by atoms with Gasteiger partial charge in [-0.05, 0) is 27.7 Å². The highest BCUT2D eigenvalue weighted by molar-refractivity contribution is 5.86. The van der Waals surface area contributed by atoms with Crippen LogP contribution in [0.1, 0.15) is 43.9 Å². The average molecular weight is 283 g/mol. The maximum absolute atomic E-state index is 12.3. The number of rotatable bonds is 6. The summed E-state index contributed by atoms with van der Waals surface area (Å²) < 4.78 is 1.25. The molecule has 0 bridgehead atoms. The van der Waals surface area contributed by atoms with Gasteiger partial charge in [-0.15, -0.1) is 5.10 Å². The molecule has 1 rings (SSSR count). The highest BCUT2D eigenvalue weighted by atomic mass is 16.4. The van der Waals surface area contributed by atoms with Gasteiger partial charge in [0.05, 0.1) is 5.69 Å². The second-order valence-electron chi connectivity index (χ2n) is 5.04. The average Bonchev–Trinajstić information content (AvgIpc) is 2.70. The summed E-state index contributed by atoms with van der Waals surface area (Å²) in [6.07, 6.45) is 0. The normalized spacial score (nSPS) is 11.2. The van der Waals surface area contributed by atoms with E-state index in [1.807, 2.05) is 27.7 Å². The third kappa shape index (κ3) is 3.32. The lowest BCUT2D eigenvalue weighted by atomic mass is 10.2. The molecule has 20 heavy (non-hydrogen) atoms. The Balaban J connectivity index is 2.98. The number of hydrogen-bond acceptors (Lipinski definition) is 5. The van der Waals surface area contributed by atoms with Crippen LogP contribution in [0.2, 0.25) is 0 Å². The monoisotopic (exact) mass is 283 g/mol. The Morgan fingerprint density at radius 1 is 1.30 bits per heavy atom. The van der Waals surface area contributed by atoms with Gasteiger partial charge in [0.2, 0.25) is 5.91 Å². The summed E-state index contributed by atoms with van der Waals surface area (Å²) in [6.45, 7) is 7.59. The van der Waals surface area contributed by atoms with Crippen molar-refractivity contribution in [2.24, 2.45) is 5.73 Å². The van der Waals surface area contributed by atoms with Crippen LogP contribution in [0, 0.1) is 0 Å². The van der Waals surface area contributed by atoms with Crippen LogP contribution in [0.15, 0.2) is 0 Å². The van der Waals surface area contributed by atoms with Crippen molar-refractivity contribution in [3.63, 3.8) is 0 Å². The highest BCUT2D eigenvalue weighted by Gasteiger charge is 2.24. The zero-order chi connectivity index (χ0) is 15.4. The van der Waals surface area contributed by atoms with E-state index in [0.717, 1.165) is 0 Å². The van der Waals surface area contributed by atoms with Gasteiger partial charge >= 0.3 is 5.97 Å². The smallest absolute Gasteiger partial charge is 0.358 e. The third-order valence-corrected chi connectivity index (χ3v) is 2.92. The number of carbonyl (C=O) groups excluding carboxylic acids is 1. The van der Waals surface area contributed by atoms with Gasteiger partial charge < -0.3 is 15.7 Å². The van der Waals surface area contributed by atoms with E-state index >= 15 is 0 Å². The van der Waals surface area contributed by atoms with Gasteiger partial charge in [-0.25, -0.2) is 9.48 Å². The van der Waals surface area contributed by atoms with E-state index in [-0.39, 0.29) is 42.5 Å². The molecule has 112 valence electrons. The van der Waals surface area contributed by atoms with Crippen molar-refractivity contribution in [3.05, 3.63) is 11.4 Å². The molecule has 0 radical (unpaired) electrons. The molecule has 0 atom stereocenters. The summed E-state index contributed by atoms with van der Waals surface area (Å²) in [5, 5.41) is 16.2. The van der Waals surface area contributed by atoms with Crippen molar-refractivity contribution < 1.29 is 14.7 Å². The molecule has 1 heterocycles. The molecule has 0 saturated carbocycles. The number of carboxylic acid groups (broad SMARTS) is 1. The van der Waals surface area contributed by atoms with Gasteiger partial charge in [0.15, 0.2) is 5.69 Å². The first-order chi connectivity index (χ1) is 9.29. The number of hydrogen-bond donors (Lipinski definition) is 2. The van der Waals surface area contributed by atoms with Crippen LogP contribution in [0.25, 0.3) is 0 Å². The molecule has 1 aromatic heterocycles. The second-order valence-corrected chi connectivity index (χ2v) is 5.04. The largest absolute Gasteiger partial charge is 0.476 e. The number of aromatic carboxylic acids is 1. The van der Waals surface area contributed by atoms with Crippen molar-refractivity contribution in [2.45, 2.75) is 52.9 Å². The third-order valence-electron chi connectivity index (χ3n) is 2.92. The van der Waals surface area contributed by atoms with Crippen LogP contribution < -0.4 is 5.73 Å². The molecule has 0 aliphatic rings. The van der Waals surface area contributed by atoms with Crippen LogP contribution in [0.5, 0.6) is 0 Å². The first kappa shape index (κ1) is 16.1.